The van der Waals surface area contributed by atoms with E-state index in [2.05, 4.69) is 41.6 Å². The summed E-state index contributed by atoms with van der Waals surface area (Å²) in [5.74, 6) is 0.295. The summed E-state index contributed by atoms with van der Waals surface area (Å²) in [6.45, 7) is 7.99. The molecule has 2 atom stereocenters. The molecule has 0 N–H and O–H groups in total. The molecular weight excluding hydrogens is 326 g/mol. The van der Waals surface area contributed by atoms with Crippen molar-refractivity contribution in [2.45, 2.75) is 52.5 Å². The van der Waals surface area contributed by atoms with Crippen molar-refractivity contribution in [3.8, 4) is 0 Å². The van der Waals surface area contributed by atoms with E-state index >= 15 is 0 Å². The number of carbonyl (C=O) groups is 1. The van der Waals surface area contributed by atoms with E-state index in [1.807, 2.05) is 24.3 Å². The Morgan fingerprint density at radius 2 is 1.90 bits per heavy atom. The van der Waals surface area contributed by atoms with Crippen molar-refractivity contribution in [2.24, 2.45) is 10.8 Å². The van der Waals surface area contributed by atoms with Crippen LogP contribution in [0.15, 0.2) is 28.7 Å². The first-order chi connectivity index (χ1) is 9.76. The van der Waals surface area contributed by atoms with E-state index in [1.165, 1.54) is 12.8 Å². The van der Waals surface area contributed by atoms with Gasteiger partial charge in [-0.15, -0.1) is 0 Å². The van der Waals surface area contributed by atoms with Gasteiger partial charge in [0.2, 0.25) is 5.91 Å². The lowest BCUT2D eigenvalue weighted by Crippen LogP contribution is -2.38. The van der Waals surface area contributed by atoms with Gasteiger partial charge in [-0.25, -0.2) is 0 Å². The van der Waals surface area contributed by atoms with Gasteiger partial charge in [-0.3, -0.25) is 4.79 Å². The number of hydrogen-bond donors (Lipinski definition) is 0. The minimum absolute atomic E-state index is 0.295. The zero-order chi connectivity index (χ0) is 15.3. The number of carbonyl (C=O) groups excluding carboxylic acids is 1. The van der Waals surface area contributed by atoms with Crippen molar-refractivity contribution in [1.82, 2.24) is 4.90 Å². The van der Waals surface area contributed by atoms with Crippen LogP contribution in [0.2, 0.25) is 0 Å². The number of likely N-dealkylation sites (tertiary alicyclic amines) is 1. The number of nitrogens with zero attached hydrogens (tertiary/aromatic N) is 1. The molecule has 1 saturated heterocycles. The lowest BCUT2D eigenvalue weighted by atomic mass is 9.65. The van der Waals surface area contributed by atoms with Crippen LogP contribution in [-0.2, 0) is 11.2 Å². The molecule has 3 rings (SSSR count). The average Bonchev–Trinajstić information content (AvgIpc) is 2.61. The molecule has 0 spiro atoms. The lowest BCUT2D eigenvalue weighted by molar-refractivity contribution is -0.131. The maximum absolute atomic E-state index is 12.7. The number of hydrogen-bond acceptors (Lipinski definition) is 1. The monoisotopic (exact) mass is 349 g/mol. The minimum Gasteiger partial charge on any atom is -0.339 e. The van der Waals surface area contributed by atoms with E-state index in [9.17, 15) is 4.79 Å². The molecule has 3 heteroatoms. The largest absolute Gasteiger partial charge is 0.339 e. The zero-order valence-electron chi connectivity index (χ0n) is 13.2. The van der Waals surface area contributed by atoms with Gasteiger partial charge in [0, 0.05) is 17.1 Å². The third-order valence-electron chi connectivity index (χ3n) is 5.00. The Balaban J connectivity index is 1.73. The number of fused-ring (bicyclic) bond motifs is 2. The summed E-state index contributed by atoms with van der Waals surface area (Å²) in [5.41, 5.74) is 1.79. The van der Waals surface area contributed by atoms with Crippen LogP contribution >= 0.6 is 15.9 Å². The van der Waals surface area contributed by atoms with Crippen LogP contribution in [0.3, 0.4) is 0 Å². The Morgan fingerprint density at radius 1 is 1.24 bits per heavy atom. The first-order valence-corrected chi connectivity index (χ1v) is 8.60. The Bertz CT molecular complexity index is 551. The highest BCUT2D eigenvalue weighted by Crippen LogP contribution is 2.52. The van der Waals surface area contributed by atoms with Gasteiger partial charge >= 0.3 is 0 Å². The summed E-state index contributed by atoms with van der Waals surface area (Å²) >= 11 is 3.44. The fourth-order valence-electron chi connectivity index (χ4n) is 4.63. The van der Waals surface area contributed by atoms with Crippen molar-refractivity contribution < 1.29 is 4.79 Å². The highest BCUT2D eigenvalue weighted by atomic mass is 79.9. The molecule has 1 aliphatic heterocycles. The first kappa shape index (κ1) is 15.1. The van der Waals surface area contributed by atoms with Gasteiger partial charge in [-0.1, -0.05) is 48.8 Å². The molecule has 2 unspecified atom stereocenters. The molecule has 1 aliphatic carbocycles. The highest BCUT2D eigenvalue weighted by Gasteiger charge is 2.50. The molecule has 1 aromatic carbocycles. The zero-order valence-corrected chi connectivity index (χ0v) is 14.7. The summed E-state index contributed by atoms with van der Waals surface area (Å²) < 4.78 is 1.06. The Hall–Kier alpha value is -0.830. The van der Waals surface area contributed by atoms with Crippen LogP contribution in [0, 0.1) is 10.8 Å². The quantitative estimate of drug-likeness (QED) is 0.773. The maximum atomic E-state index is 12.7. The van der Waals surface area contributed by atoms with Crippen LogP contribution < -0.4 is 0 Å². The molecule has 0 radical (unpaired) electrons. The summed E-state index contributed by atoms with van der Waals surface area (Å²) in [6, 6.07) is 8.54. The van der Waals surface area contributed by atoms with Crippen molar-refractivity contribution in [3.63, 3.8) is 0 Å². The van der Waals surface area contributed by atoms with E-state index in [0.29, 0.717) is 29.2 Å². The van der Waals surface area contributed by atoms with Gasteiger partial charge in [-0.05, 0) is 47.8 Å². The molecule has 2 fully saturated rings. The fourth-order valence-corrected chi connectivity index (χ4v) is 4.89. The molecule has 1 saturated carbocycles. The Morgan fingerprint density at radius 3 is 2.57 bits per heavy atom. The minimum atomic E-state index is 0.295. The van der Waals surface area contributed by atoms with Crippen molar-refractivity contribution >= 4 is 21.8 Å². The van der Waals surface area contributed by atoms with Gasteiger partial charge in [0.1, 0.15) is 0 Å². The SMILES string of the molecule is CC1(C)CC2CC(C)(CN2C(=O)Cc2ccc(Br)cc2)C1. The number of amides is 1. The third kappa shape index (κ3) is 3.18. The van der Waals surface area contributed by atoms with E-state index in [-0.39, 0.29) is 0 Å². The maximum Gasteiger partial charge on any atom is 0.227 e. The standard InChI is InChI=1S/C18H24BrNO/c1-17(2)9-15-10-18(3,11-17)12-20(15)16(21)8-13-4-6-14(19)7-5-13/h4-7,15H,8-12H2,1-3H3. The van der Waals surface area contributed by atoms with Gasteiger partial charge in [-0.2, -0.15) is 0 Å². The molecule has 2 aliphatic rings. The summed E-state index contributed by atoms with van der Waals surface area (Å²) in [5, 5.41) is 0. The second kappa shape index (κ2) is 5.12. The number of benzene rings is 1. The van der Waals surface area contributed by atoms with E-state index in [1.54, 1.807) is 0 Å². The van der Waals surface area contributed by atoms with Crippen molar-refractivity contribution in [1.29, 1.82) is 0 Å². The number of halogens is 1. The first-order valence-electron chi connectivity index (χ1n) is 7.80. The van der Waals surface area contributed by atoms with Gasteiger partial charge in [0.05, 0.1) is 6.42 Å². The van der Waals surface area contributed by atoms with Crippen LogP contribution in [0.5, 0.6) is 0 Å². The van der Waals surface area contributed by atoms with E-state index in [0.717, 1.165) is 23.0 Å². The van der Waals surface area contributed by atoms with Crippen LogP contribution in [-0.4, -0.2) is 23.4 Å². The molecule has 1 amide bonds. The third-order valence-corrected chi connectivity index (χ3v) is 5.53. The van der Waals surface area contributed by atoms with Gasteiger partial charge in [0.15, 0.2) is 0 Å². The lowest BCUT2D eigenvalue weighted by Gasteiger charge is -2.39. The van der Waals surface area contributed by atoms with E-state index in [4.69, 9.17) is 0 Å². The Labute approximate surface area is 136 Å². The summed E-state index contributed by atoms with van der Waals surface area (Å²) in [6.07, 6.45) is 4.09. The molecular formula is C18H24BrNO. The fraction of sp³-hybridized carbons (Fsp3) is 0.611. The second-order valence-corrected chi connectivity index (χ2v) is 8.95. The summed E-state index contributed by atoms with van der Waals surface area (Å²) in [4.78, 5) is 14.9. The van der Waals surface area contributed by atoms with Gasteiger partial charge in [0.25, 0.3) is 0 Å². The highest BCUT2D eigenvalue weighted by molar-refractivity contribution is 9.10. The van der Waals surface area contributed by atoms with Crippen molar-refractivity contribution in [3.05, 3.63) is 34.3 Å². The van der Waals surface area contributed by atoms with Crippen LogP contribution in [0.1, 0.15) is 45.6 Å². The second-order valence-electron chi connectivity index (χ2n) is 8.04. The molecule has 114 valence electrons. The molecule has 21 heavy (non-hydrogen) atoms. The van der Waals surface area contributed by atoms with Crippen molar-refractivity contribution in [2.75, 3.05) is 6.54 Å². The smallest absolute Gasteiger partial charge is 0.227 e. The molecule has 1 aromatic rings. The Kier molecular flexibility index (Phi) is 3.67. The molecule has 2 nitrogen and oxygen atoms in total. The summed E-state index contributed by atoms with van der Waals surface area (Å²) in [7, 11) is 0. The molecule has 2 bridgehead atoms. The van der Waals surface area contributed by atoms with E-state index < -0.39 is 0 Å². The van der Waals surface area contributed by atoms with Gasteiger partial charge < -0.3 is 4.90 Å². The molecule has 0 aromatic heterocycles. The van der Waals surface area contributed by atoms with Crippen LogP contribution in [0.4, 0.5) is 0 Å². The number of rotatable bonds is 2. The predicted octanol–water partition coefficient (Wildman–Crippen LogP) is 4.42. The normalized spacial score (nSPS) is 30.5. The predicted molar refractivity (Wildman–Crippen MR) is 89.1 cm³/mol. The van der Waals surface area contributed by atoms with Crippen LogP contribution in [0.25, 0.3) is 0 Å². The topological polar surface area (TPSA) is 20.3 Å². The molecule has 1 heterocycles. The average molecular weight is 350 g/mol.